The Hall–Kier alpha value is -0.680. The van der Waals surface area contributed by atoms with Gasteiger partial charge >= 0.3 is 6.18 Å². The lowest BCUT2D eigenvalue weighted by atomic mass is 9.99. The van der Waals surface area contributed by atoms with Crippen LogP contribution in [0.2, 0.25) is 0 Å². The maximum absolute atomic E-state index is 12.9. The minimum absolute atomic E-state index is 0. The predicted octanol–water partition coefficient (Wildman–Crippen LogP) is 4.68. The average Bonchev–Trinajstić information content (AvgIpc) is 2.65. The maximum Gasteiger partial charge on any atom is 0.416 e. The van der Waals surface area contributed by atoms with Crippen molar-refractivity contribution in [2.24, 2.45) is 4.99 Å². The Kier molecular flexibility index (Phi) is 11.0. The van der Waals surface area contributed by atoms with Crippen LogP contribution in [0.1, 0.15) is 37.8 Å². The molecule has 160 valence electrons. The fourth-order valence-electron chi connectivity index (χ4n) is 3.02. The lowest BCUT2D eigenvalue weighted by molar-refractivity contribution is -0.137. The lowest BCUT2D eigenvalue weighted by Crippen LogP contribution is -2.48. The molecule has 4 nitrogen and oxygen atoms in total. The van der Waals surface area contributed by atoms with Crippen LogP contribution in [0, 0.1) is 0 Å². The average molecular weight is 531 g/mol. The Morgan fingerprint density at radius 2 is 1.93 bits per heavy atom. The van der Waals surface area contributed by atoms with Crippen LogP contribution in [-0.2, 0) is 17.5 Å². The fourth-order valence-corrected chi connectivity index (χ4v) is 4.27. The maximum atomic E-state index is 12.9. The molecule has 1 aromatic carbocycles. The summed E-state index contributed by atoms with van der Waals surface area (Å²) in [4.78, 5) is 4.47. The van der Waals surface area contributed by atoms with Crippen molar-refractivity contribution in [3.8, 4) is 0 Å². The van der Waals surface area contributed by atoms with Gasteiger partial charge in [-0.2, -0.15) is 24.9 Å². The van der Waals surface area contributed by atoms with Gasteiger partial charge in [-0.3, -0.25) is 0 Å². The third kappa shape index (κ3) is 7.98. The van der Waals surface area contributed by atoms with E-state index >= 15 is 0 Å². The zero-order valence-electron chi connectivity index (χ0n) is 16.3. The van der Waals surface area contributed by atoms with Crippen LogP contribution in [0.5, 0.6) is 0 Å². The summed E-state index contributed by atoms with van der Waals surface area (Å²) in [6, 6.07) is 5.31. The van der Waals surface area contributed by atoms with Crippen LogP contribution < -0.4 is 10.6 Å². The Balaban J connectivity index is 0.00000392. The second-order valence-electron chi connectivity index (χ2n) is 6.48. The molecule has 0 aliphatic carbocycles. The van der Waals surface area contributed by atoms with Crippen LogP contribution >= 0.6 is 35.7 Å². The largest absolute Gasteiger partial charge is 0.416 e. The zero-order valence-corrected chi connectivity index (χ0v) is 19.4. The quantitative estimate of drug-likeness (QED) is 0.305. The van der Waals surface area contributed by atoms with Gasteiger partial charge in [0.15, 0.2) is 5.96 Å². The second kappa shape index (κ2) is 12.1. The molecule has 1 aliphatic heterocycles. The van der Waals surface area contributed by atoms with E-state index in [0.717, 1.165) is 50.5 Å². The molecule has 0 bridgehead atoms. The van der Waals surface area contributed by atoms with E-state index in [1.165, 1.54) is 6.07 Å². The highest BCUT2D eigenvalue weighted by molar-refractivity contribution is 14.0. The molecule has 1 heterocycles. The molecule has 1 fully saturated rings. The first kappa shape index (κ1) is 25.4. The highest BCUT2D eigenvalue weighted by Gasteiger charge is 2.33. The Morgan fingerprint density at radius 1 is 1.21 bits per heavy atom. The SMILES string of the molecule is CCNC(=NCc1cccc(C(F)(F)F)c1)NCC1(SCC)CCOCC1.I. The van der Waals surface area contributed by atoms with Gasteiger partial charge in [-0.1, -0.05) is 19.1 Å². The van der Waals surface area contributed by atoms with Gasteiger partial charge in [0.25, 0.3) is 0 Å². The van der Waals surface area contributed by atoms with E-state index in [1.54, 1.807) is 6.07 Å². The number of benzene rings is 1. The van der Waals surface area contributed by atoms with Crippen molar-refractivity contribution in [1.82, 2.24) is 10.6 Å². The molecule has 0 amide bonds. The fraction of sp³-hybridized carbons (Fsp3) is 0.632. The summed E-state index contributed by atoms with van der Waals surface area (Å²) < 4.78 is 44.2. The van der Waals surface area contributed by atoms with Crippen LogP contribution in [0.3, 0.4) is 0 Å². The number of alkyl halides is 3. The standard InChI is InChI=1S/C19H28F3N3OS.HI/c1-3-23-17(25-14-18(27-4-2)8-10-26-11-9-18)24-13-15-6-5-7-16(12-15)19(20,21)22;/h5-7,12H,3-4,8-11,13-14H2,1-2H3,(H2,23,24,25);1H. The summed E-state index contributed by atoms with van der Waals surface area (Å²) in [5.41, 5.74) is -0.112. The molecule has 28 heavy (non-hydrogen) atoms. The summed E-state index contributed by atoms with van der Waals surface area (Å²) in [6.45, 7) is 7.26. The molecule has 0 radical (unpaired) electrons. The molecule has 1 saturated heterocycles. The van der Waals surface area contributed by atoms with E-state index in [4.69, 9.17) is 4.74 Å². The first-order valence-electron chi connectivity index (χ1n) is 9.28. The van der Waals surface area contributed by atoms with E-state index < -0.39 is 11.7 Å². The number of aliphatic imine (C=N–C) groups is 1. The van der Waals surface area contributed by atoms with Crippen molar-refractivity contribution in [2.45, 2.75) is 44.2 Å². The number of rotatable bonds is 7. The molecule has 1 aromatic rings. The molecule has 0 atom stereocenters. The zero-order chi connectivity index (χ0) is 19.8. The van der Waals surface area contributed by atoms with Gasteiger partial charge in [0.1, 0.15) is 0 Å². The van der Waals surface area contributed by atoms with Gasteiger partial charge in [-0.25, -0.2) is 4.99 Å². The summed E-state index contributed by atoms with van der Waals surface area (Å²) in [5.74, 6) is 1.65. The number of halogens is 4. The molecule has 9 heteroatoms. The number of hydrogen-bond acceptors (Lipinski definition) is 3. The summed E-state index contributed by atoms with van der Waals surface area (Å²) in [6.07, 6.45) is -2.38. The topological polar surface area (TPSA) is 45.7 Å². The molecular formula is C19H29F3IN3OS. The normalized spacial score (nSPS) is 17.0. The van der Waals surface area contributed by atoms with Gasteiger partial charge in [0.05, 0.1) is 12.1 Å². The molecule has 2 N–H and O–H groups in total. The smallest absolute Gasteiger partial charge is 0.381 e. The molecule has 2 rings (SSSR count). The number of ether oxygens (including phenoxy) is 1. The molecule has 0 aromatic heterocycles. The minimum atomic E-state index is -4.34. The third-order valence-electron chi connectivity index (χ3n) is 4.45. The number of hydrogen-bond donors (Lipinski definition) is 2. The van der Waals surface area contributed by atoms with E-state index in [9.17, 15) is 13.2 Å². The summed E-state index contributed by atoms with van der Waals surface area (Å²) >= 11 is 1.93. The molecule has 1 aliphatic rings. The minimum Gasteiger partial charge on any atom is -0.381 e. The highest BCUT2D eigenvalue weighted by Crippen LogP contribution is 2.34. The van der Waals surface area contributed by atoms with Gasteiger partial charge in [0.2, 0.25) is 0 Å². The first-order valence-corrected chi connectivity index (χ1v) is 10.3. The van der Waals surface area contributed by atoms with Crippen molar-refractivity contribution >= 4 is 41.7 Å². The van der Waals surface area contributed by atoms with Crippen LogP contribution in [0.15, 0.2) is 29.3 Å². The van der Waals surface area contributed by atoms with Crippen molar-refractivity contribution in [3.05, 3.63) is 35.4 Å². The van der Waals surface area contributed by atoms with Gasteiger partial charge in [-0.05, 0) is 43.2 Å². The van der Waals surface area contributed by atoms with Crippen molar-refractivity contribution in [3.63, 3.8) is 0 Å². The molecular weight excluding hydrogens is 502 g/mol. The number of guanidine groups is 1. The van der Waals surface area contributed by atoms with Gasteiger partial charge < -0.3 is 15.4 Å². The number of nitrogens with one attached hydrogen (secondary N) is 2. The Bertz CT molecular complexity index is 617. The second-order valence-corrected chi connectivity index (χ2v) is 8.21. The Morgan fingerprint density at radius 3 is 2.54 bits per heavy atom. The summed E-state index contributed by atoms with van der Waals surface area (Å²) in [7, 11) is 0. The molecule has 0 spiro atoms. The van der Waals surface area contributed by atoms with E-state index in [2.05, 4.69) is 22.5 Å². The monoisotopic (exact) mass is 531 g/mol. The van der Waals surface area contributed by atoms with Gasteiger partial charge in [0, 0.05) is 31.1 Å². The highest BCUT2D eigenvalue weighted by atomic mass is 127. The predicted molar refractivity (Wildman–Crippen MR) is 121 cm³/mol. The van der Waals surface area contributed by atoms with Crippen LogP contribution in [-0.4, -0.2) is 42.8 Å². The van der Waals surface area contributed by atoms with E-state index in [1.807, 2.05) is 18.7 Å². The lowest BCUT2D eigenvalue weighted by Gasteiger charge is -2.37. The summed E-state index contributed by atoms with van der Waals surface area (Å²) in [5, 5.41) is 6.54. The Labute approximate surface area is 186 Å². The number of nitrogens with zero attached hydrogens (tertiary/aromatic N) is 1. The first-order chi connectivity index (χ1) is 12.9. The van der Waals surface area contributed by atoms with Crippen LogP contribution in [0.25, 0.3) is 0 Å². The molecule has 0 unspecified atom stereocenters. The van der Waals surface area contributed by atoms with Gasteiger partial charge in [-0.15, -0.1) is 24.0 Å². The number of thioether (sulfide) groups is 1. The molecule has 0 saturated carbocycles. The van der Waals surface area contributed by atoms with E-state index in [-0.39, 0.29) is 35.3 Å². The van der Waals surface area contributed by atoms with E-state index in [0.29, 0.717) is 18.1 Å². The van der Waals surface area contributed by atoms with Crippen LogP contribution in [0.4, 0.5) is 13.2 Å². The third-order valence-corrected chi connectivity index (χ3v) is 5.90. The van der Waals surface area contributed by atoms with Crippen molar-refractivity contribution < 1.29 is 17.9 Å². The van der Waals surface area contributed by atoms with Crippen molar-refractivity contribution in [1.29, 1.82) is 0 Å². The van der Waals surface area contributed by atoms with Crippen molar-refractivity contribution in [2.75, 3.05) is 32.1 Å².